The van der Waals surface area contributed by atoms with E-state index in [0.29, 0.717) is 39.8 Å². The number of hydrogen-bond donors (Lipinski definition) is 16. The second-order valence-corrected chi connectivity index (χ2v) is 32.7. The molecule has 0 bridgehead atoms. The predicted molar refractivity (Wildman–Crippen MR) is 414 cm³/mol. The average Bonchev–Trinajstić information content (AvgIpc) is 1.44. The Bertz CT molecular complexity index is 4210. The van der Waals surface area contributed by atoms with Gasteiger partial charge in [-0.2, -0.15) is 8.42 Å². The lowest BCUT2D eigenvalue weighted by molar-refractivity contribution is -0.161. The minimum absolute atomic E-state index is 0.00435. The standard InChI is InChI=1S/C73H105BrN18O21S/c1-36(2)55(86-65(103)52-20-14-28-91(52)68(106)47(83-59(97)38(5)80-35-93)30-40-21-23-42(74)24-22-40)66(104)89-58(73(7,8)9)67(105)82-46(31-41-33-79-44-17-12-11-16-43(41)44)61(99)81-45(18-13-27-78-72(76)77)60(98)85-49(34-114(110,111)112)62(100)88-57-39(6)113-71(109)48(32-54(95)96)84-64(102)51-19-15-29-92(51)70(108)56(37(3)4)87-63(101)50(25-26-53(75)94)90(10)69(57)107/h11-12,16-17,21-24,33,35-39,45-52,55-58,79H,13-15,18-20,25-32,34H2,1-10H3,(H2,75,94)(H,80,93)(H,81,99)(H,82,105)(H,83,97)(H,84,102)(H,85,98)(H,86,103)(H,87,101)(H,88,100)(H,89,104)(H,95,96)(H4,76,77,78)(H,110,111,112)/t38-,39-,45+,46-,47+,48-,49-,50+,51+,52+,55-,56-,57+,58-/m1/s1. The third kappa shape index (κ3) is 26.1. The van der Waals surface area contributed by atoms with E-state index in [1.165, 1.54) is 11.8 Å². The number of halogens is 1. The number of aliphatic imine (C=N–C) groups is 1. The smallest absolute Gasteiger partial charge is 0.329 e. The summed E-state index contributed by atoms with van der Waals surface area (Å²) in [5, 5.41) is 35.6. The summed E-state index contributed by atoms with van der Waals surface area (Å²) in [6, 6.07) is -7.41. The largest absolute Gasteiger partial charge is 0.481 e. The number of nitrogens with one attached hydrogen (secondary N) is 11. The minimum Gasteiger partial charge on any atom is -0.481 e. The van der Waals surface area contributed by atoms with Crippen molar-refractivity contribution in [3.63, 3.8) is 0 Å². The lowest BCUT2D eigenvalue weighted by Gasteiger charge is -2.36. The number of aromatic amines is 1. The number of guanidine groups is 1. The molecule has 6 rings (SSSR count). The first-order chi connectivity index (χ1) is 53.4. The zero-order valence-corrected chi connectivity index (χ0v) is 67.5. The number of ether oxygens (including phenoxy) is 1. The second kappa shape index (κ2) is 41.3. The molecule has 4 heterocycles. The summed E-state index contributed by atoms with van der Waals surface area (Å²) in [7, 11) is -4.39. The van der Waals surface area contributed by atoms with Gasteiger partial charge in [0.25, 0.3) is 10.1 Å². The molecule has 0 radical (unpaired) electrons. The molecule has 3 fully saturated rings. The van der Waals surface area contributed by atoms with Crippen molar-refractivity contribution in [2.75, 3.05) is 32.4 Å². The van der Waals surface area contributed by atoms with Gasteiger partial charge in [0.2, 0.25) is 83.2 Å². The SMILES string of the molecule is CC(C)[C@@H](NC(=O)[C@@H]1CCCN1C(=O)[C@H](Cc1ccc(Br)cc1)NC(=O)[C@@H](C)NC=O)C(=O)N[C@H](C(=O)N[C@H](Cc1c[nH]c2ccccc12)C(=O)N[C@@H](CCCN=C(N)N)C(=O)N[C@H](CS(=O)(=O)O)C(=O)N[C@@H]1C(=O)N(C)[C@@H](CCC(N)=O)C(=O)N[C@H](C(C)C)C(=O)N2CCC[C@H]2C(=O)N[C@H](CC(=O)O)C(=O)O[C@@H]1C)C(C)(C)C. The fraction of sp³-hybridized carbons (Fsp3) is 0.575. The first-order valence-corrected chi connectivity index (χ1v) is 39.6. The Morgan fingerprint density at radius 1 is 0.754 bits per heavy atom. The highest BCUT2D eigenvalue weighted by Crippen LogP contribution is 2.27. The van der Waals surface area contributed by atoms with Crippen LogP contribution >= 0.6 is 15.9 Å². The minimum atomic E-state index is -5.40. The number of aliphatic carboxylic acids is 1. The number of amides is 14. The Hall–Kier alpha value is -10.8. The van der Waals surface area contributed by atoms with Crippen molar-refractivity contribution in [3.8, 4) is 0 Å². The molecule has 1 aromatic heterocycles. The zero-order chi connectivity index (χ0) is 85.0. The number of carboxylic acids is 1. The van der Waals surface area contributed by atoms with Crippen molar-refractivity contribution in [2.45, 2.75) is 218 Å². The Morgan fingerprint density at radius 2 is 1.39 bits per heavy atom. The summed E-state index contributed by atoms with van der Waals surface area (Å²) in [5.41, 5.74) is 17.2. The number of hydrogen-bond acceptors (Lipinski definition) is 20. The Balaban J connectivity index is 1.33. The summed E-state index contributed by atoms with van der Waals surface area (Å²) < 4.78 is 42.8. The van der Waals surface area contributed by atoms with Gasteiger partial charge in [-0.1, -0.05) is 94.7 Å². The van der Waals surface area contributed by atoms with Gasteiger partial charge in [-0.05, 0) is 105 Å². The average molecular weight is 1680 g/mol. The summed E-state index contributed by atoms with van der Waals surface area (Å²) in [4.78, 5) is 236. The molecule has 19 N–H and O–H groups in total. The van der Waals surface area contributed by atoms with Crippen LogP contribution in [-0.2, 0) is 104 Å². The number of cyclic esters (lactones) is 1. The highest BCUT2D eigenvalue weighted by atomic mass is 79.9. The maximum absolute atomic E-state index is 15.3. The van der Waals surface area contributed by atoms with Crippen molar-refractivity contribution in [1.82, 2.24) is 72.9 Å². The molecule has 0 saturated carbocycles. The molecule has 3 aliphatic heterocycles. The molecule has 0 spiro atoms. The van der Waals surface area contributed by atoms with E-state index in [4.69, 9.17) is 21.9 Å². The monoisotopic (exact) mass is 1680 g/mol. The summed E-state index contributed by atoms with van der Waals surface area (Å²) in [5.74, 6) is -19.9. The molecule has 14 amide bonds. The fourth-order valence-electron chi connectivity index (χ4n) is 13.4. The molecule has 39 nitrogen and oxygen atoms in total. The van der Waals surface area contributed by atoms with Gasteiger partial charge in [0, 0.05) is 67.5 Å². The molecule has 114 heavy (non-hydrogen) atoms. The van der Waals surface area contributed by atoms with Gasteiger partial charge in [0.05, 0.1) is 6.42 Å². The molecular weight excluding hydrogens is 1580 g/mol. The molecule has 3 aliphatic rings. The molecule has 0 aliphatic carbocycles. The molecule has 626 valence electrons. The van der Waals surface area contributed by atoms with E-state index >= 15 is 19.2 Å². The number of likely N-dealkylation sites (tertiary alicyclic amines) is 1. The van der Waals surface area contributed by atoms with E-state index in [0.717, 1.165) is 23.3 Å². The molecule has 2 aromatic carbocycles. The number of fused-ring (bicyclic) bond motifs is 2. The molecule has 0 unspecified atom stereocenters. The van der Waals surface area contributed by atoms with Crippen molar-refractivity contribution in [2.24, 2.45) is 39.4 Å². The topological polar surface area (TPSA) is 593 Å². The number of esters is 1. The number of nitrogens with zero attached hydrogens (tertiary/aromatic N) is 4. The summed E-state index contributed by atoms with van der Waals surface area (Å²) in [6.45, 7) is 13.4. The number of likely N-dealkylation sites (N-methyl/N-ethyl adjacent to an activating group) is 1. The summed E-state index contributed by atoms with van der Waals surface area (Å²) in [6.07, 6.45) is -2.57. The van der Waals surface area contributed by atoms with Gasteiger partial charge in [-0.25, -0.2) is 4.79 Å². The van der Waals surface area contributed by atoms with E-state index < -0.39 is 238 Å². The third-order valence-corrected chi connectivity index (χ3v) is 20.9. The van der Waals surface area contributed by atoms with Crippen LogP contribution in [0, 0.1) is 17.3 Å². The van der Waals surface area contributed by atoms with Gasteiger partial charge >= 0.3 is 11.9 Å². The number of nitrogens with two attached hydrogens (primary N) is 3. The van der Waals surface area contributed by atoms with Gasteiger partial charge < -0.3 is 99.9 Å². The Labute approximate surface area is 667 Å². The maximum atomic E-state index is 15.3. The van der Waals surface area contributed by atoms with Crippen LogP contribution in [0.3, 0.4) is 0 Å². The van der Waals surface area contributed by atoms with Crippen molar-refractivity contribution in [1.29, 1.82) is 0 Å². The van der Waals surface area contributed by atoms with E-state index in [-0.39, 0.29) is 58.2 Å². The van der Waals surface area contributed by atoms with E-state index in [1.807, 2.05) is 0 Å². The molecule has 3 aromatic rings. The molecule has 14 atom stereocenters. The molecule has 41 heteroatoms. The normalized spacial score (nSPS) is 21.1. The van der Waals surface area contributed by atoms with Crippen molar-refractivity contribution >= 4 is 138 Å². The van der Waals surface area contributed by atoms with Crippen LogP contribution in [0.5, 0.6) is 0 Å². The third-order valence-electron chi connectivity index (χ3n) is 19.7. The van der Waals surface area contributed by atoms with E-state index in [1.54, 1.807) is 103 Å². The van der Waals surface area contributed by atoms with Gasteiger partial charge in [-0.15, -0.1) is 0 Å². The number of rotatable bonds is 34. The first kappa shape index (κ1) is 92.0. The molecule has 3 saturated heterocycles. The van der Waals surface area contributed by atoms with Gasteiger partial charge in [-0.3, -0.25) is 81.5 Å². The van der Waals surface area contributed by atoms with E-state index in [2.05, 4.69) is 79.1 Å². The summed E-state index contributed by atoms with van der Waals surface area (Å²) >= 11 is 3.39. The number of benzene rings is 2. The number of H-pyrrole nitrogens is 1. The van der Waals surface area contributed by atoms with Crippen LogP contribution in [0.15, 0.2) is 64.2 Å². The van der Waals surface area contributed by atoms with Crippen LogP contribution in [0.4, 0.5) is 0 Å². The maximum Gasteiger partial charge on any atom is 0.329 e. The van der Waals surface area contributed by atoms with Crippen LogP contribution in [0.25, 0.3) is 10.9 Å². The number of aromatic nitrogens is 1. The highest BCUT2D eigenvalue weighted by molar-refractivity contribution is 9.10. The predicted octanol–water partition coefficient (Wildman–Crippen LogP) is -2.99. The zero-order valence-electron chi connectivity index (χ0n) is 65.1. The Kier molecular flexibility index (Phi) is 33.3. The van der Waals surface area contributed by atoms with Crippen LogP contribution in [0.1, 0.15) is 131 Å². The van der Waals surface area contributed by atoms with Crippen molar-refractivity contribution < 1.29 is 99.5 Å². The van der Waals surface area contributed by atoms with Crippen LogP contribution < -0.4 is 70.4 Å². The highest BCUT2D eigenvalue weighted by Gasteiger charge is 2.47. The lowest BCUT2D eigenvalue weighted by Crippen LogP contribution is -2.64. The number of carbonyl (C=O) groups excluding carboxylic acids is 15. The number of para-hydroxylation sites is 1. The quantitative estimate of drug-likeness (QED) is 0.00708. The number of primary amides is 1. The fourth-order valence-corrected chi connectivity index (χ4v) is 14.3. The van der Waals surface area contributed by atoms with Gasteiger partial charge in [0.1, 0.15) is 90.4 Å². The number of carboxylic acid groups (broad SMARTS) is 1. The van der Waals surface area contributed by atoms with Crippen LogP contribution in [0.2, 0.25) is 0 Å². The molecular formula is C73H105BrN18O21S. The van der Waals surface area contributed by atoms with E-state index in [9.17, 15) is 75.6 Å². The van der Waals surface area contributed by atoms with Gasteiger partial charge in [0.15, 0.2) is 5.96 Å². The Morgan fingerprint density at radius 3 is 2.00 bits per heavy atom. The second-order valence-electron chi connectivity index (χ2n) is 30.2. The lowest BCUT2D eigenvalue weighted by atomic mass is 9.85. The van der Waals surface area contributed by atoms with Crippen molar-refractivity contribution in [3.05, 3.63) is 70.3 Å². The number of carbonyl (C=O) groups is 16. The first-order valence-electron chi connectivity index (χ1n) is 37.2. The van der Waals surface area contributed by atoms with Crippen LogP contribution in [-0.4, -0.2) is 256 Å².